The predicted octanol–water partition coefficient (Wildman–Crippen LogP) is 4.21. The van der Waals surface area contributed by atoms with E-state index in [1.165, 1.54) is 5.56 Å². The monoisotopic (exact) mass is 354 g/mol. The third kappa shape index (κ3) is 4.04. The van der Waals surface area contributed by atoms with Crippen LogP contribution in [-0.2, 0) is 13.2 Å². The van der Waals surface area contributed by atoms with E-state index in [-0.39, 0.29) is 0 Å². The molecule has 1 aromatic heterocycles. The van der Waals surface area contributed by atoms with Crippen molar-refractivity contribution in [2.24, 2.45) is 0 Å². The summed E-state index contributed by atoms with van der Waals surface area (Å²) in [6, 6.07) is 4.19. The van der Waals surface area contributed by atoms with E-state index in [9.17, 15) is 0 Å². The Bertz CT molecular complexity index is 583. The Morgan fingerprint density at radius 1 is 1.35 bits per heavy atom. The first kappa shape index (κ1) is 15.5. The second kappa shape index (κ2) is 7.20. The average molecular weight is 355 g/mol. The maximum atomic E-state index is 6.00. The molecule has 1 heterocycles. The van der Waals surface area contributed by atoms with Crippen molar-refractivity contribution in [1.29, 1.82) is 0 Å². The summed E-state index contributed by atoms with van der Waals surface area (Å²) in [5.41, 5.74) is 3.30. The zero-order valence-corrected chi connectivity index (χ0v) is 14.4. The smallest absolute Gasteiger partial charge is 0.131 e. The molecule has 20 heavy (non-hydrogen) atoms. The molecule has 0 aliphatic rings. The van der Waals surface area contributed by atoms with E-state index >= 15 is 0 Å². The lowest BCUT2D eigenvalue weighted by atomic mass is 10.1. The first-order valence-electron chi connectivity index (χ1n) is 6.63. The number of nitrogens with zero attached hydrogens (tertiary/aromatic N) is 1. The lowest BCUT2D eigenvalue weighted by Gasteiger charge is -2.14. The fourth-order valence-electron chi connectivity index (χ4n) is 2.02. The molecule has 0 atom stereocenters. The average Bonchev–Trinajstić information content (AvgIpc) is 2.80. The van der Waals surface area contributed by atoms with Crippen LogP contribution >= 0.6 is 27.3 Å². The largest absolute Gasteiger partial charge is 0.487 e. The highest BCUT2D eigenvalue weighted by atomic mass is 79.9. The molecule has 1 aromatic carbocycles. The van der Waals surface area contributed by atoms with Gasteiger partial charge in [0, 0.05) is 22.0 Å². The van der Waals surface area contributed by atoms with Crippen molar-refractivity contribution in [2.45, 2.75) is 33.9 Å². The van der Waals surface area contributed by atoms with Crippen LogP contribution < -0.4 is 10.1 Å². The van der Waals surface area contributed by atoms with Crippen molar-refractivity contribution >= 4 is 27.3 Å². The second-order valence-corrected chi connectivity index (χ2v) is 6.62. The maximum absolute atomic E-state index is 6.00. The van der Waals surface area contributed by atoms with Crippen molar-refractivity contribution in [2.75, 3.05) is 6.54 Å². The lowest BCUT2D eigenvalue weighted by molar-refractivity contribution is 0.296. The molecule has 108 valence electrons. The molecule has 0 spiro atoms. The van der Waals surface area contributed by atoms with Gasteiger partial charge in [0.15, 0.2) is 0 Å². The van der Waals surface area contributed by atoms with Crippen LogP contribution in [0.1, 0.15) is 28.8 Å². The van der Waals surface area contributed by atoms with E-state index in [1.54, 1.807) is 11.3 Å². The Hall–Kier alpha value is -0.910. The Labute approximate surface area is 132 Å². The molecule has 1 N–H and O–H groups in total. The topological polar surface area (TPSA) is 34.1 Å². The molecule has 0 unspecified atom stereocenters. The SMILES string of the molecule is CCNCc1cc(Br)cc(C)c1OCc1csc(C)n1. The minimum absolute atomic E-state index is 0.520. The fraction of sp³-hybridized carbons (Fsp3) is 0.400. The summed E-state index contributed by atoms with van der Waals surface area (Å²) in [5, 5.41) is 6.47. The van der Waals surface area contributed by atoms with Gasteiger partial charge in [-0.15, -0.1) is 11.3 Å². The van der Waals surface area contributed by atoms with Gasteiger partial charge < -0.3 is 10.1 Å². The Kier molecular flexibility index (Phi) is 5.57. The number of aryl methyl sites for hydroxylation is 2. The highest BCUT2D eigenvalue weighted by molar-refractivity contribution is 9.10. The van der Waals surface area contributed by atoms with Gasteiger partial charge in [0.05, 0.1) is 10.7 Å². The molecule has 3 nitrogen and oxygen atoms in total. The first-order chi connectivity index (χ1) is 9.60. The number of ether oxygens (including phenoxy) is 1. The summed E-state index contributed by atoms with van der Waals surface area (Å²) in [6.07, 6.45) is 0. The quantitative estimate of drug-likeness (QED) is 0.843. The molecule has 0 bridgehead atoms. The number of halogens is 1. The van der Waals surface area contributed by atoms with Gasteiger partial charge in [-0.3, -0.25) is 0 Å². The number of rotatable bonds is 6. The third-order valence-corrected chi connectivity index (χ3v) is 4.19. The molecule has 0 aliphatic heterocycles. The lowest BCUT2D eigenvalue weighted by Crippen LogP contribution is -2.13. The van der Waals surface area contributed by atoms with Crippen molar-refractivity contribution in [3.63, 3.8) is 0 Å². The molecule has 0 saturated heterocycles. The molecule has 0 fully saturated rings. The summed E-state index contributed by atoms with van der Waals surface area (Å²) in [6.45, 7) is 8.45. The van der Waals surface area contributed by atoms with Crippen LogP contribution in [-0.4, -0.2) is 11.5 Å². The van der Waals surface area contributed by atoms with Crippen LogP contribution in [0.5, 0.6) is 5.75 Å². The van der Waals surface area contributed by atoms with Crippen molar-refractivity contribution in [3.05, 3.63) is 43.8 Å². The fourth-order valence-corrected chi connectivity index (χ4v) is 3.23. The number of hydrogen-bond acceptors (Lipinski definition) is 4. The van der Waals surface area contributed by atoms with Crippen LogP contribution in [0.2, 0.25) is 0 Å². The van der Waals surface area contributed by atoms with Gasteiger partial charge in [-0.25, -0.2) is 4.98 Å². The number of aromatic nitrogens is 1. The summed E-state index contributed by atoms with van der Waals surface area (Å²) >= 11 is 5.20. The summed E-state index contributed by atoms with van der Waals surface area (Å²) in [7, 11) is 0. The molecule has 0 amide bonds. The minimum atomic E-state index is 0.520. The number of hydrogen-bond donors (Lipinski definition) is 1. The molecule has 2 rings (SSSR count). The van der Waals surface area contributed by atoms with Crippen LogP contribution in [0, 0.1) is 13.8 Å². The van der Waals surface area contributed by atoms with E-state index in [0.717, 1.165) is 39.6 Å². The molecule has 5 heteroatoms. The van der Waals surface area contributed by atoms with Crippen LogP contribution in [0.3, 0.4) is 0 Å². The van der Waals surface area contributed by atoms with Gasteiger partial charge in [-0.1, -0.05) is 22.9 Å². The highest BCUT2D eigenvalue weighted by Crippen LogP contribution is 2.29. The van der Waals surface area contributed by atoms with E-state index < -0.39 is 0 Å². The second-order valence-electron chi connectivity index (χ2n) is 4.64. The summed E-state index contributed by atoms with van der Waals surface area (Å²) < 4.78 is 7.09. The zero-order valence-electron chi connectivity index (χ0n) is 12.0. The van der Waals surface area contributed by atoms with E-state index in [2.05, 4.69) is 52.2 Å². The van der Waals surface area contributed by atoms with Crippen LogP contribution in [0.25, 0.3) is 0 Å². The van der Waals surface area contributed by atoms with Crippen molar-refractivity contribution in [3.8, 4) is 5.75 Å². The van der Waals surface area contributed by atoms with Gasteiger partial charge >= 0.3 is 0 Å². The predicted molar refractivity (Wildman–Crippen MR) is 87.4 cm³/mol. The van der Waals surface area contributed by atoms with Crippen molar-refractivity contribution in [1.82, 2.24) is 10.3 Å². The molecule has 0 saturated carbocycles. The van der Waals surface area contributed by atoms with Crippen LogP contribution in [0.15, 0.2) is 22.0 Å². The van der Waals surface area contributed by atoms with E-state index in [1.807, 2.05) is 12.3 Å². The minimum Gasteiger partial charge on any atom is -0.487 e. The molecule has 0 radical (unpaired) electrons. The Morgan fingerprint density at radius 3 is 2.80 bits per heavy atom. The number of benzene rings is 1. The Balaban J connectivity index is 2.16. The van der Waals surface area contributed by atoms with Gasteiger partial charge in [0.1, 0.15) is 12.4 Å². The van der Waals surface area contributed by atoms with Gasteiger partial charge in [0.2, 0.25) is 0 Å². The maximum Gasteiger partial charge on any atom is 0.131 e. The summed E-state index contributed by atoms with van der Waals surface area (Å²) in [4.78, 5) is 4.43. The number of nitrogens with one attached hydrogen (secondary N) is 1. The molecular formula is C15H19BrN2OS. The normalized spacial score (nSPS) is 10.8. The van der Waals surface area contributed by atoms with Gasteiger partial charge in [-0.05, 0) is 38.1 Å². The summed E-state index contributed by atoms with van der Waals surface area (Å²) in [5.74, 6) is 0.958. The third-order valence-electron chi connectivity index (χ3n) is 2.91. The van der Waals surface area contributed by atoms with Gasteiger partial charge in [-0.2, -0.15) is 0 Å². The molecule has 2 aromatic rings. The van der Waals surface area contributed by atoms with Gasteiger partial charge in [0.25, 0.3) is 0 Å². The molecular weight excluding hydrogens is 336 g/mol. The van der Waals surface area contributed by atoms with Crippen molar-refractivity contribution < 1.29 is 4.74 Å². The first-order valence-corrected chi connectivity index (χ1v) is 8.31. The standard InChI is InChI=1S/C15H19BrN2OS/c1-4-17-7-12-6-13(16)5-10(2)15(12)19-8-14-9-20-11(3)18-14/h5-6,9,17H,4,7-8H2,1-3H3. The van der Waals surface area contributed by atoms with Crippen LogP contribution in [0.4, 0.5) is 0 Å². The molecule has 0 aliphatic carbocycles. The number of thiazole rings is 1. The zero-order chi connectivity index (χ0) is 14.5. The van der Waals surface area contributed by atoms with E-state index in [4.69, 9.17) is 4.74 Å². The van der Waals surface area contributed by atoms with E-state index in [0.29, 0.717) is 6.61 Å². The Morgan fingerprint density at radius 2 is 2.15 bits per heavy atom. The highest BCUT2D eigenvalue weighted by Gasteiger charge is 2.10.